The van der Waals surface area contributed by atoms with Crippen molar-refractivity contribution in [1.82, 2.24) is 10.2 Å². The first-order chi connectivity index (χ1) is 16.2. The predicted octanol–water partition coefficient (Wildman–Crippen LogP) is 4.89. The molecule has 7 heteroatoms. The highest BCUT2D eigenvalue weighted by Crippen LogP contribution is 2.29. The van der Waals surface area contributed by atoms with Gasteiger partial charge in [0.25, 0.3) is 5.91 Å². The lowest BCUT2D eigenvalue weighted by atomic mass is 9.89. The molecule has 5 nitrogen and oxygen atoms in total. The van der Waals surface area contributed by atoms with Gasteiger partial charge in [-0.2, -0.15) is 0 Å². The lowest BCUT2D eigenvalue weighted by molar-refractivity contribution is -0.126. The van der Waals surface area contributed by atoms with Gasteiger partial charge in [0.1, 0.15) is 5.82 Å². The summed E-state index contributed by atoms with van der Waals surface area (Å²) in [6.07, 6.45) is 4.40. The quantitative estimate of drug-likeness (QED) is 0.358. The largest absolute Gasteiger partial charge is 0.339 e. The summed E-state index contributed by atoms with van der Waals surface area (Å²) in [6.45, 7) is 4.68. The number of hydrogen-bond donors (Lipinski definition) is 1. The second kappa shape index (κ2) is 13.2. The van der Waals surface area contributed by atoms with Gasteiger partial charge in [-0.25, -0.2) is 4.39 Å². The molecule has 3 rings (SSSR count). The minimum Gasteiger partial charge on any atom is -0.339 e. The molecule has 2 aromatic rings. The number of carbonyl (C=O) groups excluding carboxylic acids is 3. The van der Waals surface area contributed by atoms with Crippen molar-refractivity contribution in [3.8, 4) is 0 Å². The highest BCUT2D eigenvalue weighted by atomic mass is 35.5. The normalized spacial score (nSPS) is 14.3. The van der Waals surface area contributed by atoms with Crippen LogP contribution in [0.4, 0.5) is 4.39 Å². The lowest BCUT2D eigenvalue weighted by Gasteiger charge is -2.32. The summed E-state index contributed by atoms with van der Waals surface area (Å²) in [5.74, 6) is -0.624. The smallest absolute Gasteiger partial charge is 0.255 e. The molecular weight excluding hydrogens is 455 g/mol. The Labute approximate surface area is 206 Å². The molecule has 0 saturated carbocycles. The van der Waals surface area contributed by atoms with Crippen LogP contribution in [0.2, 0.25) is 5.02 Å². The zero-order chi connectivity index (χ0) is 25.3. The molecule has 182 valence electrons. The van der Waals surface area contributed by atoms with Gasteiger partial charge < -0.3 is 10.2 Å². The number of aldehydes is 1. The maximum Gasteiger partial charge on any atom is 0.255 e. The molecule has 0 atom stereocenters. The van der Waals surface area contributed by atoms with E-state index in [9.17, 15) is 18.8 Å². The molecule has 1 aliphatic rings. The molecule has 0 radical (unpaired) electrons. The summed E-state index contributed by atoms with van der Waals surface area (Å²) in [6, 6.07) is 9.83. The zero-order valence-corrected chi connectivity index (χ0v) is 20.9. The van der Waals surface area contributed by atoms with Gasteiger partial charge in [0, 0.05) is 18.7 Å². The summed E-state index contributed by atoms with van der Waals surface area (Å²) < 4.78 is 13.1. The minimum atomic E-state index is -0.632. The number of carbonyl (C=O) groups is 3. The number of piperidine rings is 1. The number of halogens is 2. The third-order valence-electron chi connectivity index (χ3n) is 5.84. The van der Waals surface area contributed by atoms with E-state index < -0.39 is 5.78 Å². The number of Topliss-reactive ketones (excluding diaryl/α,β-unsaturated/α-hetero) is 1. The van der Waals surface area contributed by atoms with Crippen LogP contribution in [0.25, 0.3) is 5.57 Å². The topological polar surface area (TPSA) is 66.5 Å². The number of rotatable bonds is 6. The Kier molecular flexibility index (Phi) is 10.6. The van der Waals surface area contributed by atoms with Gasteiger partial charge in [-0.05, 0) is 94.1 Å². The SMILES string of the molecule is C/C=C(/C(=O)C=O)c1cc(C(=O)N2CCC(Cc3ccc(F)cc3)CC2)c(Cl)cc1C.CNC. The molecule has 1 fully saturated rings. The predicted molar refractivity (Wildman–Crippen MR) is 135 cm³/mol. The van der Waals surface area contributed by atoms with E-state index in [4.69, 9.17) is 11.6 Å². The number of hydrogen-bond acceptors (Lipinski definition) is 4. The number of nitrogens with zero attached hydrogens (tertiary/aromatic N) is 1. The highest BCUT2D eigenvalue weighted by molar-refractivity contribution is 6.46. The molecule has 1 aliphatic heterocycles. The third-order valence-corrected chi connectivity index (χ3v) is 6.15. The van der Waals surface area contributed by atoms with Crippen molar-refractivity contribution in [2.75, 3.05) is 27.2 Å². The number of likely N-dealkylation sites (tertiary alicyclic amines) is 1. The van der Waals surface area contributed by atoms with Crippen LogP contribution < -0.4 is 5.32 Å². The van der Waals surface area contributed by atoms with E-state index in [2.05, 4.69) is 5.32 Å². The Bertz CT molecular complexity index is 1040. The van der Waals surface area contributed by atoms with Gasteiger partial charge in [-0.15, -0.1) is 0 Å². The van der Waals surface area contributed by atoms with Crippen molar-refractivity contribution in [2.24, 2.45) is 5.92 Å². The number of amides is 1. The number of nitrogens with one attached hydrogen (secondary N) is 1. The van der Waals surface area contributed by atoms with E-state index in [-0.39, 0.29) is 23.6 Å². The zero-order valence-electron chi connectivity index (χ0n) is 20.2. The second-order valence-corrected chi connectivity index (χ2v) is 8.80. The first-order valence-corrected chi connectivity index (χ1v) is 11.7. The van der Waals surface area contributed by atoms with Crippen LogP contribution in [0.5, 0.6) is 0 Å². The van der Waals surface area contributed by atoms with E-state index in [0.717, 1.165) is 30.4 Å². The van der Waals surface area contributed by atoms with Crippen molar-refractivity contribution in [2.45, 2.75) is 33.1 Å². The lowest BCUT2D eigenvalue weighted by Crippen LogP contribution is -2.39. The number of aryl methyl sites for hydroxylation is 1. The molecule has 1 amide bonds. The average Bonchev–Trinajstić information content (AvgIpc) is 2.82. The highest BCUT2D eigenvalue weighted by Gasteiger charge is 2.26. The van der Waals surface area contributed by atoms with Crippen molar-refractivity contribution in [3.63, 3.8) is 0 Å². The van der Waals surface area contributed by atoms with Gasteiger partial charge in [0.2, 0.25) is 5.78 Å². The molecular formula is C27H32ClFN2O3. The molecule has 0 unspecified atom stereocenters. The summed E-state index contributed by atoms with van der Waals surface area (Å²) in [5, 5.41) is 3.08. The van der Waals surface area contributed by atoms with Crippen LogP contribution in [0, 0.1) is 18.7 Å². The molecule has 1 N–H and O–H groups in total. The van der Waals surface area contributed by atoms with Gasteiger partial charge in [-0.3, -0.25) is 14.4 Å². The van der Waals surface area contributed by atoms with Crippen molar-refractivity contribution >= 4 is 35.2 Å². The van der Waals surface area contributed by atoms with E-state index in [1.54, 1.807) is 49.1 Å². The maximum absolute atomic E-state index is 13.2. The molecule has 2 aromatic carbocycles. The van der Waals surface area contributed by atoms with E-state index in [1.807, 2.05) is 14.1 Å². The fourth-order valence-corrected chi connectivity index (χ4v) is 4.38. The fraction of sp³-hybridized carbons (Fsp3) is 0.370. The number of benzene rings is 2. The standard InChI is InChI=1S/C25H25ClFNO3.C2H7N/c1-3-20(24(30)15-29)21-14-22(23(26)12-16(21)2)25(31)28-10-8-18(9-11-28)13-17-4-6-19(27)7-5-17;1-3-2/h3-7,12,14-15,18H,8-11,13H2,1-2H3;3H,1-2H3/b20-3+;. The molecule has 0 aromatic heterocycles. The van der Waals surface area contributed by atoms with Crippen molar-refractivity contribution in [1.29, 1.82) is 0 Å². The first-order valence-electron chi connectivity index (χ1n) is 11.3. The molecule has 0 bridgehead atoms. The summed E-state index contributed by atoms with van der Waals surface area (Å²) in [7, 11) is 3.75. The molecule has 1 saturated heterocycles. The first kappa shape index (κ1) is 27.4. The van der Waals surface area contributed by atoms with E-state index in [1.165, 1.54) is 12.1 Å². The van der Waals surface area contributed by atoms with Crippen molar-refractivity contribution in [3.05, 3.63) is 75.6 Å². The summed E-state index contributed by atoms with van der Waals surface area (Å²) >= 11 is 6.37. The van der Waals surface area contributed by atoms with Crippen LogP contribution in [0.3, 0.4) is 0 Å². The Morgan fingerprint density at radius 2 is 1.71 bits per heavy atom. The van der Waals surface area contributed by atoms with Crippen LogP contribution in [-0.4, -0.2) is 50.1 Å². The Hall–Kier alpha value is -2.83. The third kappa shape index (κ3) is 7.08. The molecule has 34 heavy (non-hydrogen) atoms. The van der Waals surface area contributed by atoms with Crippen LogP contribution in [0.15, 0.2) is 42.5 Å². The Balaban J connectivity index is 0.00000129. The molecule has 1 heterocycles. The van der Waals surface area contributed by atoms with E-state index in [0.29, 0.717) is 35.2 Å². The summed E-state index contributed by atoms with van der Waals surface area (Å²) in [4.78, 5) is 37.9. The Morgan fingerprint density at radius 3 is 2.24 bits per heavy atom. The average molecular weight is 487 g/mol. The maximum atomic E-state index is 13.2. The van der Waals surface area contributed by atoms with Crippen molar-refractivity contribution < 1.29 is 18.8 Å². The summed E-state index contributed by atoms with van der Waals surface area (Å²) in [5.41, 5.74) is 2.95. The van der Waals surface area contributed by atoms with Gasteiger partial charge >= 0.3 is 0 Å². The van der Waals surface area contributed by atoms with Crippen LogP contribution in [-0.2, 0) is 16.0 Å². The second-order valence-electron chi connectivity index (χ2n) is 8.40. The minimum absolute atomic E-state index is 0.180. The molecule has 0 aliphatic carbocycles. The van der Waals surface area contributed by atoms with E-state index >= 15 is 0 Å². The van der Waals surface area contributed by atoms with Gasteiger partial charge in [0.15, 0.2) is 6.29 Å². The van der Waals surface area contributed by atoms with Crippen LogP contribution in [0.1, 0.15) is 46.8 Å². The van der Waals surface area contributed by atoms with Gasteiger partial charge in [-0.1, -0.05) is 29.8 Å². The number of allylic oxidation sites excluding steroid dienone is 2. The monoisotopic (exact) mass is 486 g/mol. The number of ketones is 1. The fourth-order valence-electron chi connectivity index (χ4n) is 4.09. The molecule has 0 spiro atoms. The van der Waals surface area contributed by atoms with Gasteiger partial charge in [0.05, 0.1) is 10.6 Å². The Morgan fingerprint density at radius 1 is 1.12 bits per heavy atom. The van der Waals surface area contributed by atoms with Crippen LogP contribution >= 0.6 is 11.6 Å².